The molecule has 10 aromatic rings. The Labute approximate surface area is 417 Å². The van der Waals surface area contributed by atoms with Crippen molar-refractivity contribution < 1.29 is 4.42 Å². The summed E-state index contributed by atoms with van der Waals surface area (Å²) < 4.78 is 6.70. The molecule has 3 heteroatoms. The van der Waals surface area contributed by atoms with Gasteiger partial charge in [-0.15, -0.1) is 0 Å². The molecule has 1 aliphatic rings. The van der Waals surface area contributed by atoms with Gasteiger partial charge in [-0.3, -0.25) is 0 Å². The first kappa shape index (κ1) is 45.3. The monoisotopic (exact) mass is 918 g/mol. The molecule has 346 valence electrons. The molecular weight excluding hydrogens is 861 g/mol. The van der Waals surface area contributed by atoms with Crippen LogP contribution in [0.1, 0.15) is 92.3 Å². The molecule has 0 N–H and O–H groups in total. The van der Waals surface area contributed by atoms with Gasteiger partial charge in [-0.1, -0.05) is 210 Å². The van der Waals surface area contributed by atoms with E-state index in [1.165, 1.54) is 76.9 Å². The summed E-state index contributed by atoms with van der Waals surface area (Å²) in [6.07, 6.45) is 8.89. The summed E-state index contributed by atoms with van der Waals surface area (Å²) in [7, 11) is 0. The van der Waals surface area contributed by atoms with E-state index < -0.39 is 0 Å². The number of hydrogen-bond donors (Lipinski definition) is 0. The van der Waals surface area contributed by atoms with Gasteiger partial charge in [0.2, 0.25) is 0 Å². The second-order valence-electron chi connectivity index (χ2n) is 19.5. The average molecular weight is 919 g/mol. The van der Waals surface area contributed by atoms with Gasteiger partial charge in [-0.05, 0) is 145 Å². The van der Waals surface area contributed by atoms with Crippen LogP contribution in [0.2, 0.25) is 0 Å². The Hall–Kier alpha value is -8.14. The molecule has 0 aliphatic heterocycles. The smallest absolute Gasteiger partial charge is 0.163 e. The van der Waals surface area contributed by atoms with E-state index >= 15 is 0 Å². The summed E-state index contributed by atoms with van der Waals surface area (Å²) in [5.74, 6) is 1.02. The number of nitrogens with zero attached hydrogens (tertiary/aromatic N) is 2. The van der Waals surface area contributed by atoms with Crippen molar-refractivity contribution in [2.45, 2.75) is 60.3 Å². The zero-order chi connectivity index (χ0) is 48.8. The van der Waals surface area contributed by atoms with Gasteiger partial charge >= 0.3 is 0 Å². The Balaban J connectivity index is 1.16. The minimum Gasteiger partial charge on any atom is -0.455 e. The molecule has 0 saturated carbocycles. The minimum atomic E-state index is -0.0102. The molecule has 0 radical (unpaired) electrons. The zero-order valence-electron chi connectivity index (χ0n) is 41.6. The number of para-hydroxylation sites is 2. The van der Waals surface area contributed by atoms with Crippen LogP contribution in [-0.2, 0) is 0 Å². The van der Waals surface area contributed by atoms with Crippen LogP contribution in [-0.4, -0.2) is 11.5 Å². The maximum absolute atomic E-state index is 6.70. The van der Waals surface area contributed by atoms with Gasteiger partial charge in [-0.25, -0.2) is 9.98 Å². The molecule has 11 rings (SSSR count). The number of furan rings is 1. The predicted octanol–water partition coefficient (Wildman–Crippen LogP) is 18.9. The molecule has 9 aromatic carbocycles. The third-order valence-electron chi connectivity index (χ3n) is 14.8. The summed E-state index contributed by atoms with van der Waals surface area (Å²) in [5.41, 5.74) is 17.4. The van der Waals surface area contributed by atoms with Crippen molar-refractivity contribution in [3.8, 4) is 11.1 Å². The van der Waals surface area contributed by atoms with Crippen LogP contribution in [0.4, 0.5) is 0 Å². The lowest BCUT2D eigenvalue weighted by atomic mass is 9.83. The van der Waals surface area contributed by atoms with Crippen LogP contribution in [0.3, 0.4) is 0 Å². The van der Waals surface area contributed by atoms with Crippen molar-refractivity contribution in [2.24, 2.45) is 15.9 Å². The van der Waals surface area contributed by atoms with Crippen molar-refractivity contribution in [1.82, 2.24) is 0 Å². The summed E-state index contributed by atoms with van der Waals surface area (Å²) in [5, 5.41) is 9.39. The number of benzene rings is 9. The first-order valence-electron chi connectivity index (χ1n) is 25.1. The second kappa shape index (κ2) is 19.0. The molecule has 1 unspecified atom stereocenters. The highest BCUT2D eigenvalue weighted by Crippen LogP contribution is 2.43. The third-order valence-corrected chi connectivity index (χ3v) is 14.8. The van der Waals surface area contributed by atoms with E-state index in [1.807, 2.05) is 42.5 Å². The van der Waals surface area contributed by atoms with Gasteiger partial charge in [0, 0.05) is 16.3 Å². The molecule has 0 amide bonds. The van der Waals surface area contributed by atoms with Gasteiger partial charge < -0.3 is 4.42 Å². The SMILES string of the molecule is C=C(N=C(N=C(c1cc2c3ccccc3c3ccccc3c2cc1-c1cccc(C2=C(C)CC(c3ccccc3C(C)CC)=CC=C2)c1C)C(C)C)c1cccc2c1oc1ccccc12)c1ccccc1. The summed E-state index contributed by atoms with van der Waals surface area (Å²) in [6, 6.07) is 63.0. The lowest BCUT2D eigenvalue weighted by Crippen LogP contribution is -2.15. The molecule has 1 atom stereocenters. The largest absolute Gasteiger partial charge is 0.455 e. The van der Waals surface area contributed by atoms with Crippen molar-refractivity contribution in [1.29, 1.82) is 0 Å². The molecule has 3 nitrogen and oxygen atoms in total. The quantitative estimate of drug-likeness (QED) is 0.0765. The Bertz CT molecular complexity index is 3910. The maximum Gasteiger partial charge on any atom is 0.163 e. The van der Waals surface area contributed by atoms with Crippen LogP contribution in [0.15, 0.2) is 221 Å². The fourth-order valence-corrected chi connectivity index (χ4v) is 10.9. The number of aliphatic imine (C=N–C) groups is 2. The standard InChI is InChI=1S/C68H58N2O/c1-8-43(4)49-26-12-13-27-53(49)48-25-20-33-50(44(5)39-48)51-34-21-35-52(45(51)6)61-40-62-56-30-16-14-28-54(56)55-29-15-17-31-57(55)63(62)41-64(61)66(42(2)3)70-68(69-46(7)47-23-10-9-11-24-47)60-37-22-36-59-58-32-18-19-38-65(58)71-67(59)60/h9-38,40-43H,7-8,39H2,1-6H3. The summed E-state index contributed by atoms with van der Waals surface area (Å²) >= 11 is 0. The van der Waals surface area contributed by atoms with Gasteiger partial charge in [0.15, 0.2) is 5.84 Å². The van der Waals surface area contributed by atoms with Crippen molar-refractivity contribution in [2.75, 3.05) is 0 Å². The van der Waals surface area contributed by atoms with Crippen molar-refractivity contribution in [3.63, 3.8) is 0 Å². The van der Waals surface area contributed by atoms with E-state index in [1.54, 1.807) is 0 Å². The highest BCUT2D eigenvalue weighted by Gasteiger charge is 2.24. The molecular formula is C68H58N2O. The van der Waals surface area contributed by atoms with E-state index in [9.17, 15) is 0 Å². The Morgan fingerprint density at radius 2 is 1.15 bits per heavy atom. The van der Waals surface area contributed by atoms with E-state index in [-0.39, 0.29) is 5.92 Å². The minimum absolute atomic E-state index is 0.0102. The topological polar surface area (TPSA) is 37.9 Å². The van der Waals surface area contributed by atoms with Gasteiger partial charge in [0.05, 0.1) is 17.0 Å². The molecule has 0 spiro atoms. The Kier molecular flexibility index (Phi) is 12.1. The molecule has 0 saturated heterocycles. The number of rotatable bonds is 10. The van der Waals surface area contributed by atoms with E-state index in [4.69, 9.17) is 14.4 Å². The van der Waals surface area contributed by atoms with Crippen LogP contribution in [0, 0.1) is 12.8 Å². The summed E-state index contributed by atoms with van der Waals surface area (Å²) in [6.45, 7) is 18.2. The van der Waals surface area contributed by atoms with Crippen LogP contribution in [0.5, 0.6) is 0 Å². The number of hydrogen-bond acceptors (Lipinski definition) is 2. The number of allylic oxidation sites excluding steroid dienone is 6. The molecule has 0 bridgehead atoms. The molecule has 71 heavy (non-hydrogen) atoms. The summed E-state index contributed by atoms with van der Waals surface area (Å²) in [4.78, 5) is 11.1. The normalized spacial score (nSPS) is 14.0. The van der Waals surface area contributed by atoms with Gasteiger partial charge in [0.25, 0.3) is 0 Å². The number of amidine groups is 1. The van der Waals surface area contributed by atoms with E-state index in [0.29, 0.717) is 17.5 Å². The lowest BCUT2D eigenvalue weighted by Gasteiger charge is -2.22. The van der Waals surface area contributed by atoms with Gasteiger partial charge in [0.1, 0.15) is 11.2 Å². The fourth-order valence-electron chi connectivity index (χ4n) is 10.9. The van der Waals surface area contributed by atoms with Crippen molar-refractivity contribution in [3.05, 3.63) is 245 Å². The third kappa shape index (κ3) is 8.26. The molecule has 1 aliphatic carbocycles. The lowest BCUT2D eigenvalue weighted by molar-refractivity contribution is 0.668. The second-order valence-corrected chi connectivity index (χ2v) is 19.5. The first-order valence-corrected chi connectivity index (χ1v) is 25.1. The molecule has 0 fully saturated rings. The first-order chi connectivity index (χ1) is 34.7. The highest BCUT2D eigenvalue weighted by molar-refractivity contribution is 6.28. The predicted molar refractivity (Wildman–Crippen MR) is 306 cm³/mol. The van der Waals surface area contributed by atoms with Crippen molar-refractivity contribution >= 4 is 82.6 Å². The zero-order valence-corrected chi connectivity index (χ0v) is 41.6. The fraction of sp³-hybridized carbons (Fsp3) is 0.147. The molecule has 1 heterocycles. The average Bonchev–Trinajstić information content (AvgIpc) is 3.68. The maximum atomic E-state index is 6.70. The van der Waals surface area contributed by atoms with E-state index in [2.05, 4.69) is 200 Å². The highest BCUT2D eigenvalue weighted by atomic mass is 16.3. The van der Waals surface area contributed by atoms with Gasteiger partial charge in [-0.2, -0.15) is 0 Å². The van der Waals surface area contributed by atoms with E-state index in [0.717, 1.165) is 62.7 Å². The Morgan fingerprint density at radius 1 is 0.563 bits per heavy atom. The Morgan fingerprint density at radius 3 is 1.87 bits per heavy atom. The van der Waals surface area contributed by atoms with Crippen LogP contribution in [0.25, 0.3) is 82.2 Å². The van der Waals surface area contributed by atoms with Crippen LogP contribution >= 0.6 is 0 Å². The van der Waals surface area contributed by atoms with Crippen LogP contribution < -0.4 is 0 Å². The number of fused-ring (bicyclic) bond motifs is 9. The molecule has 1 aromatic heterocycles.